The van der Waals surface area contributed by atoms with Gasteiger partial charge in [-0.1, -0.05) is 25.0 Å². The van der Waals surface area contributed by atoms with Crippen molar-refractivity contribution in [3.05, 3.63) is 29.8 Å². The average Bonchev–Trinajstić information content (AvgIpc) is 3.32. The number of carboxylic acids is 1. The molecule has 0 radical (unpaired) electrons. The molecule has 2 unspecified atom stereocenters. The number of carboxylic acid groups (broad SMARTS) is 1. The van der Waals surface area contributed by atoms with Crippen molar-refractivity contribution < 1.29 is 19.5 Å². The number of hydrogen-bond acceptors (Lipinski definition) is 4. The molecule has 6 nitrogen and oxygen atoms in total. The molecule has 2 N–H and O–H groups in total. The quantitative estimate of drug-likeness (QED) is 0.825. The van der Waals surface area contributed by atoms with E-state index in [1.807, 2.05) is 0 Å². The number of aliphatic carboxylic acids is 1. The van der Waals surface area contributed by atoms with E-state index in [-0.39, 0.29) is 17.7 Å². The van der Waals surface area contributed by atoms with Crippen LogP contribution in [0.1, 0.15) is 44.1 Å². The minimum absolute atomic E-state index is 0.0702. The van der Waals surface area contributed by atoms with Gasteiger partial charge in [-0.2, -0.15) is 0 Å². The second-order valence-electron chi connectivity index (χ2n) is 6.98. The minimum atomic E-state index is -0.883. The van der Waals surface area contributed by atoms with Crippen molar-refractivity contribution in [2.45, 2.75) is 44.6 Å². The standard InChI is InChI=1S/C19H24N2O4S/c1-12(19(24)25)13-6-8-15(9-7-13)20-17(22)16-10-26-11-21(16)18(23)14-4-2-3-5-14/h6-9,12,14,16H,2-5,10-11H2,1H3,(H,20,22)(H,24,25). The first-order valence-corrected chi connectivity index (χ1v) is 10.1. The highest BCUT2D eigenvalue weighted by Gasteiger charge is 2.38. The number of benzene rings is 1. The van der Waals surface area contributed by atoms with Crippen LogP contribution >= 0.6 is 11.8 Å². The number of anilines is 1. The lowest BCUT2D eigenvalue weighted by molar-refractivity contribution is -0.139. The molecule has 1 aliphatic carbocycles. The Bertz CT molecular complexity index is 685. The summed E-state index contributed by atoms with van der Waals surface area (Å²) in [5.74, 6) is -0.295. The van der Waals surface area contributed by atoms with Gasteiger partial charge >= 0.3 is 5.97 Å². The molecule has 0 bridgehead atoms. The van der Waals surface area contributed by atoms with Crippen molar-refractivity contribution in [2.75, 3.05) is 16.9 Å². The second-order valence-corrected chi connectivity index (χ2v) is 7.98. The van der Waals surface area contributed by atoms with E-state index < -0.39 is 17.9 Å². The maximum absolute atomic E-state index is 12.7. The number of hydrogen-bond donors (Lipinski definition) is 2. The highest BCUT2D eigenvalue weighted by Crippen LogP contribution is 2.31. The van der Waals surface area contributed by atoms with Gasteiger partial charge in [0.15, 0.2) is 0 Å². The van der Waals surface area contributed by atoms with Crippen LogP contribution in [-0.4, -0.2) is 45.5 Å². The summed E-state index contributed by atoms with van der Waals surface area (Å²) in [5, 5.41) is 11.9. The van der Waals surface area contributed by atoms with Crippen molar-refractivity contribution in [1.82, 2.24) is 4.90 Å². The molecule has 1 aromatic carbocycles. The van der Waals surface area contributed by atoms with Gasteiger partial charge in [-0.15, -0.1) is 11.8 Å². The summed E-state index contributed by atoms with van der Waals surface area (Å²) in [6.45, 7) is 1.62. The molecule has 26 heavy (non-hydrogen) atoms. The molecule has 7 heteroatoms. The van der Waals surface area contributed by atoms with Gasteiger partial charge < -0.3 is 15.3 Å². The highest BCUT2D eigenvalue weighted by atomic mass is 32.2. The Morgan fingerprint density at radius 1 is 1.19 bits per heavy atom. The maximum Gasteiger partial charge on any atom is 0.310 e. The first-order valence-electron chi connectivity index (χ1n) is 8.99. The zero-order valence-corrected chi connectivity index (χ0v) is 15.6. The lowest BCUT2D eigenvalue weighted by atomic mass is 10.0. The van der Waals surface area contributed by atoms with Crippen LogP contribution in [0, 0.1) is 5.92 Å². The predicted octanol–water partition coefficient (Wildman–Crippen LogP) is 2.90. The molecule has 1 saturated heterocycles. The lowest BCUT2D eigenvalue weighted by Crippen LogP contribution is -2.46. The molecule has 3 rings (SSSR count). The second kappa shape index (κ2) is 8.12. The molecule has 1 saturated carbocycles. The Balaban J connectivity index is 1.63. The van der Waals surface area contributed by atoms with Gasteiger partial charge in [0, 0.05) is 17.4 Å². The van der Waals surface area contributed by atoms with Crippen molar-refractivity contribution in [1.29, 1.82) is 0 Å². The molecule has 2 fully saturated rings. The maximum atomic E-state index is 12.7. The number of rotatable bonds is 5. The van der Waals surface area contributed by atoms with Gasteiger partial charge in [-0.25, -0.2) is 0 Å². The number of thioether (sulfide) groups is 1. The third kappa shape index (κ3) is 4.03. The monoisotopic (exact) mass is 376 g/mol. The van der Waals surface area contributed by atoms with E-state index in [9.17, 15) is 14.4 Å². The topological polar surface area (TPSA) is 86.7 Å². The van der Waals surface area contributed by atoms with Crippen molar-refractivity contribution in [3.8, 4) is 0 Å². The smallest absolute Gasteiger partial charge is 0.310 e. The fraction of sp³-hybridized carbons (Fsp3) is 0.526. The molecule has 0 spiro atoms. The van der Waals surface area contributed by atoms with Crippen molar-refractivity contribution in [2.24, 2.45) is 5.92 Å². The molecule has 1 aromatic rings. The molecule has 1 heterocycles. The molecule has 2 aliphatic rings. The van der Waals surface area contributed by atoms with Gasteiger partial charge in [-0.3, -0.25) is 14.4 Å². The summed E-state index contributed by atoms with van der Waals surface area (Å²) in [5.41, 5.74) is 1.30. The summed E-state index contributed by atoms with van der Waals surface area (Å²) in [6, 6.07) is 6.39. The normalized spacial score (nSPS) is 21.6. The van der Waals surface area contributed by atoms with E-state index in [2.05, 4.69) is 5.32 Å². The van der Waals surface area contributed by atoms with Gasteiger partial charge in [-0.05, 0) is 37.5 Å². The van der Waals surface area contributed by atoms with Gasteiger partial charge in [0.05, 0.1) is 11.8 Å². The van der Waals surface area contributed by atoms with Crippen LogP contribution in [0.5, 0.6) is 0 Å². The van der Waals surface area contributed by atoms with Crippen molar-refractivity contribution >= 4 is 35.2 Å². The summed E-state index contributed by atoms with van der Waals surface area (Å²) in [7, 11) is 0. The van der Waals surface area contributed by atoms with Crippen molar-refractivity contribution in [3.63, 3.8) is 0 Å². The fourth-order valence-corrected chi connectivity index (χ4v) is 4.67. The van der Waals surface area contributed by atoms with Gasteiger partial charge in [0.1, 0.15) is 6.04 Å². The minimum Gasteiger partial charge on any atom is -0.481 e. The number of carbonyl (C=O) groups is 3. The molecular weight excluding hydrogens is 352 g/mol. The third-order valence-electron chi connectivity index (χ3n) is 5.22. The van der Waals surface area contributed by atoms with E-state index in [4.69, 9.17) is 5.11 Å². The Hall–Kier alpha value is -2.02. The largest absolute Gasteiger partial charge is 0.481 e. The van der Waals surface area contributed by atoms with Gasteiger partial charge in [0.2, 0.25) is 11.8 Å². The Morgan fingerprint density at radius 3 is 2.46 bits per heavy atom. The molecule has 140 valence electrons. The number of amides is 2. The van der Waals surface area contributed by atoms with E-state index >= 15 is 0 Å². The summed E-state index contributed by atoms with van der Waals surface area (Å²) in [6.07, 6.45) is 4.04. The van der Waals surface area contributed by atoms with Crippen LogP contribution in [0.15, 0.2) is 24.3 Å². The SMILES string of the molecule is CC(C(=O)O)c1ccc(NC(=O)C2CSCN2C(=O)C2CCCC2)cc1. The summed E-state index contributed by atoms with van der Waals surface area (Å²) >= 11 is 1.60. The predicted molar refractivity (Wildman–Crippen MR) is 101 cm³/mol. The zero-order chi connectivity index (χ0) is 18.7. The summed E-state index contributed by atoms with van der Waals surface area (Å²) in [4.78, 5) is 38.1. The molecular formula is C19H24N2O4S. The lowest BCUT2D eigenvalue weighted by Gasteiger charge is -2.25. The fourth-order valence-electron chi connectivity index (χ4n) is 3.51. The Labute approximate surface area is 157 Å². The third-order valence-corrected chi connectivity index (χ3v) is 6.23. The number of nitrogens with zero attached hydrogens (tertiary/aromatic N) is 1. The number of nitrogens with one attached hydrogen (secondary N) is 1. The average molecular weight is 376 g/mol. The molecule has 0 aromatic heterocycles. The van der Waals surface area contributed by atoms with Crippen LogP contribution in [0.25, 0.3) is 0 Å². The first-order chi connectivity index (χ1) is 12.5. The molecule has 2 atom stereocenters. The van der Waals surface area contributed by atoms with E-state index in [1.165, 1.54) is 0 Å². The van der Waals surface area contributed by atoms with Crippen LogP contribution in [0.4, 0.5) is 5.69 Å². The van der Waals surface area contributed by atoms with Crippen LogP contribution in [-0.2, 0) is 14.4 Å². The Morgan fingerprint density at radius 2 is 1.85 bits per heavy atom. The zero-order valence-electron chi connectivity index (χ0n) is 14.8. The van der Waals surface area contributed by atoms with Gasteiger partial charge in [0.25, 0.3) is 0 Å². The first kappa shape index (κ1) is 18.8. The van der Waals surface area contributed by atoms with Crippen LogP contribution in [0.2, 0.25) is 0 Å². The van der Waals surface area contributed by atoms with E-state index in [0.29, 0.717) is 22.9 Å². The van der Waals surface area contributed by atoms with E-state index in [0.717, 1.165) is 25.7 Å². The highest BCUT2D eigenvalue weighted by molar-refractivity contribution is 7.99. The molecule has 2 amide bonds. The van der Waals surface area contributed by atoms with E-state index in [1.54, 1.807) is 47.9 Å². The van der Waals surface area contributed by atoms with Crippen LogP contribution in [0.3, 0.4) is 0 Å². The van der Waals surface area contributed by atoms with Crippen LogP contribution < -0.4 is 5.32 Å². The molecule has 1 aliphatic heterocycles. The summed E-state index contributed by atoms with van der Waals surface area (Å²) < 4.78 is 0. The number of carbonyl (C=O) groups excluding carboxylic acids is 2. The Kier molecular flexibility index (Phi) is 5.86.